The number of likely N-dealkylation sites (tertiary alicyclic amines) is 1. The molecule has 0 aliphatic carbocycles. The van der Waals surface area contributed by atoms with Gasteiger partial charge in [-0.15, -0.1) is 0 Å². The third-order valence-electron chi connectivity index (χ3n) is 5.75. The number of hydrogen-bond acceptors (Lipinski definition) is 3. The van der Waals surface area contributed by atoms with Gasteiger partial charge in [0.25, 0.3) is 5.91 Å². The molecule has 28 heavy (non-hydrogen) atoms. The molecular formula is C23H27N3O2. The summed E-state index contributed by atoms with van der Waals surface area (Å²) in [6.45, 7) is 4.41. The summed E-state index contributed by atoms with van der Waals surface area (Å²) in [6, 6.07) is 19.2. The minimum Gasteiger partial charge on any atom is -0.341 e. The van der Waals surface area contributed by atoms with E-state index in [0.29, 0.717) is 26.2 Å². The largest absolute Gasteiger partial charge is 0.341 e. The van der Waals surface area contributed by atoms with Gasteiger partial charge in [0, 0.05) is 44.8 Å². The van der Waals surface area contributed by atoms with E-state index < -0.39 is 0 Å². The van der Waals surface area contributed by atoms with Crippen molar-refractivity contribution in [1.82, 2.24) is 14.7 Å². The van der Waals surface area contributed by atoms with Gasteiger partial charge in [-0.1, -0.05) is 48.5 Å². The van der Waals surface area contributed by atoms with E-state index in [9.17, 15) is 9.59 Å². The minimum atomic E-state index is -0.256. The van der Waals surface area contributed by atoms with Crippen LogP contribution >= 0.6 is 0 Å². The lowest BCUT2D eigenvalue weighted by molar-refractivity contribution is -0.136. The average Bonchev–Trinajstić information content (AvgIpc) is 3.30. The second-order valence-electron chi connectivity index (χ2n) is 7.54. The molecule has 4 rings (SSSR count). The molecule has 2 heterocycles. The second kappa shape index (κ2) is 8.57. The van der Waals surface area contributed by atoms with Crippen molar-refractivity contribution in [2.24, 2.45) is 0 Å². The van der Waals surface area contributed by atoms with Gasteiger partial charge in [0.1, 0.15) is 6.04 Å². The van der Waals surface area contributed by atoms with E-state index in [1.54, 1.807) is 0 Å². The van der Waals surface area contributed by atoms with E-state index in [2.05, 4.69) is 4.90 Å². The van der Waals surface area contributed by atoms with Crippen LogP contribution in [0.2, 0.25) is 0 Å². The number of rotatable bonds is 4. The van der Waals surface area contributed by atoms with Gasteiger partial charge < -0.3 is 9.80 Å². The van der Waals surface area contributed by atoms with Crippen LogP contribution < -0.4 is 0 Å². The van der Waals surface area contributed by atoms with E-state index in [4.69, 9.17) is 0 Å². The first-order valence-electron chi connectivity index (χ1n) is 10.2. The molecule has 0 spiro atoms. The predicted molar refractivity (Wildman–Crippen MR) is 109 cm³/mol. The highest BCUT2D eigenvalue weighted by atomic mass is 16.2. The minimum absolute atomic E-state index is 0.0716. The van der Waals surface area contributed by atoms with Crippen molar-refractivity contribution in [1.29, 1.82) is 0 Å². The van der Waals surface area contributed by atoms with Crippen LogP contribution in [0.1, 0.15) is 34.8 Å². The molecule has 2 aliphatic heterocycles. The number of nitrogens with zero attached hydrogens (tertiary/aromatic N) is 3. The lowest BCUT2D eigenvalue weighted by Gasteiger charge is -2.40. The molecule has 0 radical (unpaired) electrons. The molecule has 2 amide bonds. The van der Waals surface area contributed by atoms with Gasteiger partial charge >= 0.3 is 0 Å². The van der Waals surface area contributed by atoms with Crippen molar-refractivity contribution in [3.63, 3.8) is 0 Å². The fraction of sp³-hybridized carbons (Fsp3) is 0.391. The third kappa shape index (κ3) is 3.94. The highest BCUT2D eigenvalue weighted by Gasteiger charge is 2.35. The first-order chi connectivity index (χ1) is 13.7. The Balaban J connectivity index is 1.48. The molecule has 2 saturated heterocycles. The van der Waals surface area contributed by atoms with Gasteiger partial charge in [0.05, 0.1) is 0 Å². The smallest absolute Gasteiger partial charge is 0.253 e. The molecule has 0 saturated carbocycles. The molecule has 2 aromatic carbocycles. The Morgan fingerprint density at radius 1 is 0.679 bits per heavy atom. The molecule has 5 heteroatoms. The quantitative estimate of drug-likeness (QED) is 0.823. The number of amides is 2. The Kier molecular flexibility index (Phi) is 5.72. The first-order valence-corrected chi connectivity index (χ1v) is 10.2. The zero-order chi connectivity index (χ0) is 19.3. The van der Waals surface area contributed by atoms with Crippen LogP contribution in [0.5, 0.6) is 0 Å². The summed E-state index contributed by atoms with van der Waals surface area (Å²) in [5.41, 5.74) is 1.77. The zero-order valence-corrected chi connectivity index (χ0v) is 16.2. The molecule has 0 aromatic heterocycles. The van der Waals surface area contributed by atoms with E-state index in [-0.39, 0.29) is 17.9 Å². The Hall–Kier alpha value is -2.66. The van der Waals surface area contributed by atoms with Gasteiger partial charge in [-0.3, -0.25) is 14.5 Å². The number of piperazine rings is 1. The summed E-state index contributed by atoms with van der Waals surface area (Å²) in [4.78, 5) is 32.1. The number of hydrogen-bond donors (Lipinski definition) is 0. The van der Waals surface area contributed by atoms with Gasteiger partial charge in [0.2, 0.25) is 5.91 Å². The molecule has 1 atom stereocenters. The molecule has 0 bridgehead atoms. The van der Waals surface area contributed by atoms with Gasteiger partial charge in [-0.25, -0.2) is 0 Å². The Morgan fingerprint density at radius 2 is 1.25 bits per heavy atom. The highest BCUT2D eigenvalue weighted by molar-refractivity contribution is 5.94. The van der Waals surface area contributed by atoms with Gasteiger partial charge in [-0.2, -0.15) is 0 Å². The summed E-state index contributed by atoms with van der Waals surface area (Å²) in [5.74, 6) is 0.272. The van der Waals surface area contributed by atoms with Crippen LogP contribution in [0.25, 0.3) is 0 Å². The SMILES string of the molecule is O=C(c1ccccc1)N1CCN(C(C(=O)N2CCCC2)c2ccccc2)CC1. The Labute approximate surface area is 166 Å². The second-order valence-corrected chi connectivity index (χ2v) is 7.54. The molecule has 0 N–H and O–H groups in total. The maximum Gasteiger partial charge on any atom is 0.253 e. The van der Waals surface area contributed by atoms with Gasteiger partial charge in [0.15, 0.2) is 0 Å². The zero-order valence-electron chi connectivity index (χ0n) is 16.2. The summed E-state index contributed by atoms with van der Waals surface area (Å²) >= 11 is 0. The van der Waals surface area contributed by atoms with E-state index >= 15 is 0 Å². The molecule has 1 unspecified atom stereocenters. The van der Waals surface area contributed by atoms with E-state index in [1.807, 2.05) is 70.5 Å². The lowest BCUT2D eigenvalue weighted by Crippen LogP contribution is -2.52. The summed E-state index contributed by atoms with van der Waals surface area (Å²) in [5, 5.41) is 0. The van der Waals surface area contributed by atoms with Crippen molar-refractivity contribution in [2.45, 2.75) is 18.9 Å². The van der Waals surface area contributed by atoms with Crippen molar-refractivity contribution >= 4 is 11.8 Å². The standard InChI is InChI=1S/C23H27N3O2/c27-22(20-11-5-2-6-12-20)26-17-15-24(16-18-26)21(19-9-3-1-4-10-19)23(28)25-13-7-8-14-25/h1-6,9-12,21H,7-8,13-18H2. The topological polar surface area (TPSA) is 43.9 Å². The van der Waals surface area contributed by atoms with Crippen LogP contribution in [0.4, 0.5) is 0 Å². The van der Waals surface area contributed by atoms with E-state index in [1.165, 1.54) is 0 Å². The molecule has 2 aromatic rings. The molecule has 5 nitrogen and oxygen atoms in total. The average molecular weight is 377 g/mol. The molecule has 2 aliphatic rings. The van der Waals surface area contributed by atoms with Crippen LogP contribution in [-0.4, -0.2) is 65.8 Å². The fourth-order valence-electron chi connectivity index (χ4n) is 4.20. The normalized spacial score (nSPS) is 18.9. The van der Waals surface area contributed by atoms with Crippen LogP contribution in [0.15, 0.2) is 60.7 Å². The fourth-order valence-corrected chi connectivity index (χ4v) is 4.20. The monoisotopic (exact) mass is 377 g/mol. The Morgan fingerprint density at radius 3 is 1.86 bits per heavy atom. The number of carbonyl (C=O) groups is 2. The van der Waals surface area contributed by atoms with Crippen molar-refractivity contribution in [2.75, 3.05) is 39.3 Å². The predicted octanol–water partition coefficient (Wildman–Crippen LogP) is 2.81. The molecular weight excluding hydrogens is 350 g/mol. The van der Waals surface area contributed by atoms with E-state index in [0.717, 1.165) is 37.1 Å². The first kappa shape index (κ1) is 18.7. The molecule has 146 valence electrons. The maximum absolute atomic E-state index is 13.3. The van der Waals surface area contributed by atoms with Crippen molar-refractivity contribution in [3.05, 3.63) is 71.8 Å². The van der Waals surface area contributed by atoms with Crippen LogP contribution in [-0.2, 0) is 4.79 Å². The summed E-state index contributed by atoms with van der Waals surface area (Å²) in [7, 11) is 0. The third-order valence-corrected chi connectivity index (χ3v) is 5.75. The Bertz CT molecular complexity index is 795. The maximum atomic E-state index is 13.3. The number of benzene rings is 2. The van der Waals surface area contributed by atoms with Crippen LogP contribution in [0, 0.1) is 0 Å². The molecule has 2 fully saturated rings. The summed E-state index contributed by atoms with van der Waals surface area (Å²) in [6.07, 6.45) is 2.18. The highest BCUT2D eigenvalue weighted by Crippen LogP contribution is 2.26. The van der Waals surface area contributed by atoms with Crippen molar-refractivity contribution in [3.8, 4) is 0 Å². The van der Waals surface area contributed by atoms with Crippen LogP contribution in [0.3, 0.4) is 0 Å². The summed E-state index contributed by atoms with van der Waals surface area (Å²) < 4.78 is 0. The van der Waals surface area contributed by atoms with Crippen molar-refractivity contribution < 1.29 is 9.59 Å². The lowest BCUT2D eigenvalue weighted by atomic mass is 10.0. The van der Waals surface area contributed by atoms with Gasteiger partial charge in [-0.05, 0) is 30.5 Å². The number of carbonyl (C=O) groups excluding carboxylic acids is 2.